The molecule has 1 aromatic heterocycles. The van der Waals surface area contributed by atoms with Crippen molar-refractivity contribution in [2.24, 2.45) is 5.92 Å². The minimum Gasteiger partial charge on any atom is -0.464 e. The maximum atomic E-state index is 12.5. The zero-order valence-electron chi connectivity index (χ0n) is 13.4. The van der Waals surface area contributed by atoms with E-state index in [4.69, 9.17) is 4.42 Å². The number of nitrogens with zero attached hydrogens (tertiary/aromatic N) is 1. The molecule has 118 valence electrons. The van der Waals surface area contributed by atoms with Gasteiger partial charge < -0.3 is 14.4 Å². The first-order chi connectivity index (χ1) is 10.5. The Bertz CT molecular complexity index is 704. The molecule has 4 heteroatoms. The Morgan fingerprint density at radius 3 is 2.82 bits per heavy atom. The van der Waals surface area contributed by atoms with Crippen LogP contribution in [-0.4, -0.2) is 35.1 Å². The highest BCUT2D eigenvalue weighted by atomic mass is 16.3. The van der Waals surface area contributed by atoms with E-state index in [1.54, 1.807) is 11.2 Å². The molecular formula is C18H23NO3. The summed E-state index contributed by atoms with van der Waals surface area (Å²) >= 11 is 0. The summed E-state index contributed by atoms with van der Waals surface area (Å²) < 4.78 is 5.59. The largest absolute Gasteiger partial charge is 0.464 e. The van der Waals surface area contributed by atoms with Crippen LogP contribution in [0.3, 0.4) is 0 Å². The van der Waals surface area contributed by atoms with Crippen molar-refractivity contribution >= 4 is 16.9 Å². The van der Waals surface area contributed by atoms with Crippen LogP contribution in [0.2, 0.25) is 0 Å². The second-order valence-electron chi connectivity index (χ2n) is 6.54. The molecule has 1 aromatic carbocycles. The summed E-state index contributed by atoms with van der Waals surface area (Å²) in [7, 11) is 0. The van der Waals surface area contributed by atoms with Gasteiger partial charge in [0.1, 0.15) is 5.58 Å². The van der Waals surface area contributed by atoms with Gasteiger partial charge in [-0.2, -0.15) is 0 Å². The smallest absolute Gasteiger partial charge is 0.227 e. The molecule has 1 amide bonds. The predicted octanol–water partition coefficient (Wildman–Crippen LogP) is 2.82. The van der Waals surface area contributed by atoms with Gasteiger partial charge in [0.25, 0.3) is 0 Å². The summed E-state index contributed by atoms with van der Waals surface area (Å²) in [6.07, 6.45) is 2.46. The molecule has 22 heavy (non-hydrogen) atoms. The third-order valence-corrected chi connectivity index (χ3v) is 4.88. The summed E-state index contributed by atoms with van der Waals surface area (Å²) in [5.41, 5.74) is 4.15. The lowest BCUT2D eigenvalue weighted by Gasteiger charge is -2.34. The number of furan rings is 1. The second kappa shape index (κ2) is 5.76. The van der Waals surface area contributed by atoms with Gasteiger partial charge in [-0.1, -0.05) is 6.92 Å². The Balaban J connectivity index is 1.78. The van der Waals surface area contributed by atoms with E-state index in [9.17, 15) is 9.90 Å². The number of hydrogen-bond acceptors (Lipinski definition) is 3. The van der Waals surface area contributed by atoms with Crippen molar-refractivity contribution in [2.75, 3.05) is 13.1 Å². The first kappa shape index (κ1) is 15.1. The lowest BCUT2D eigenvalue weighted by molar-refractivity contribution is -0.134. The molecule has 2 heterocycles. The van der Waals surface area contributed by atoms with Gasteiger partial charge in [0.05, 0.1) is 18.8 Å². The highest BCUT2D eigenvalue weighted by Crippen LogP contribution is 2.26. The van der Waals surface area contributed by atoms with Crippen molar-refractivity contribution in [1.82, 2.24) is 4.90 Å². The molecule has 0 radical (unpaired) electrons. The van der Waals surface area contributed by atoms with Crippen molar-refractivity contribution in [3.05, 3.63) is 35.1 Å². The van der Waals surface area contributed by atoms with E-state index in [0.29, 0.717) is 13.0 Å². The summed E-state index contributed by atoms with van der Waals surface area (Å²) in [6.45, 7) is 7.31. The number of amides is 1. The number of rotatable bonds is 2. The van der Waals surface area contributed by atoms with E-state index in [-0.39, 0.29) is 11.8 Å². The zero-order valence-corrected chi connectivity index (χ0v) is 13.4. The highest BCUT2D eigenvalue weighted by Gasteiger charge is 2.27. The number of fused-ring (bicyclic) bond motifs is 1. The SMILES string of the molecule is Cc1cc2occ(CC(=O)N3CCC(C)C(O)C3)c2cc1C. The average Bonchev–Trinajstić information content (AvgIpc) is 2.84. The van der Waals surface area contributed by atoms with E-state index in [1.165, 1.54) is 11.1 Å². The van der Waals surface area contributed by atoms with E-state index >= 15 is 0 Å². The Labute approximate surface area is 130 Å². The molecule has 1 aliphatic rings. The molecule has 0 spiro atoms. The first-order valence-corrected chi connectivity index (χ1v) is 7.89. The molecule has 1 aliphatic heterocycles. The monoisotopic (exact) mass is 301 g/mol. The van der Waals surface area contributed by atoms with Gasteiger partial charge in [-0.25, -0.2) is 0 Å². The molecular weight excluding hydrogens is 278 g/mol. The van der Waals surface area contributed by atoms with Crippen LogP contribution in [0.25, 0.3) is 11.0 Å². The molecule has 0 aliphatic carbocycles. The number of piperidine rings is 1. The van der Waals surface area contributed by atoms with Crippen LogP contribution in [0.15, 0.2) is 22.8 Å². The number of carbonyl (C=O) groups is 1. The Hall–Kier alpha value is -1.81. The number of benzene rings is 1. The van der Waals surface area contributed by atoms with Crippen molar-refractivity contribution in [2.45, 2.75) is 39.7 Å². The maximum absolute atomic E-state index is 12.5. The molecule has 4 nitrogen and oxygen atoms in total. The quantitative estimate of drug-likeness (QED) is 0.928. The van der Waals surface area contributed by atoms with Crippen LogP contribution >= 0.6 is 0 Å². The molecule has 3 rings (SSSR count). The number of likely N-dealkylation sites (tertiary alicyclic amines) is 1. The average molecular weight is 301 g/mol. The topological polar surface area (TPSA) is 53.7 Å². The number of β-amino-alcohol motifs (C(OH)–C–C–N with tert-alkyl or cyclic N) is 1. The minimum absolute atomic E-state index is 0.0619. The number of aryl methyl sites for hydroxylation is 2. The van der Waals surface area contributed by atoms with Crippen LogP contribution < -0.4 is 0 Å². The van der Waals surface area contributed by atoms with E-state index in [0.717, 1.165) is 29.5 Å². The maximum Gasteiger partial charge on any atom is 0.227 e. The van der Waals surface area contributed by atoms with Crippen molar-refractivity contribution < 1.29 is 14.3 Å². The summed E-state index contributed by atoms with van der Waals surface area (Å²) in [5.74, 6) is 0.330. The molecule has 0 bridgehead atoms. The third kappa shape index (κ3) is 2.75. The van der Waals surface area contributed by atoms with Crippen molar-refractivity contribution in [1.29, 1.82) is 0 Å². The molecule has 1 N–H and O–H groups in total. The van der Waals surface area contributed by atoms with Crippen molar-refractivity contribution in [3.8, 4) is 0 Å². The van der Waals surface area contributed by atoms with E-state index in [1.807, 2.05) is 13.0 Å². The van der Waals surface area contributed by atoms with Crippen molar-refractivity contribution in [3.63, 3.8) is 0 Å². The molecule has 0 saturated carbocycles. The molecule has 1 saturated heterocycles. The summed E-state index contributed by atoms with van der Waals surface area (Å²) in [6, 6.07) is 4.11. The van der Waals surface area contributed by atoms with Crippen LogP contribution in [0.4, 0.5) is 0 Å². The molecule has 2 unspecified atom stereocenters. The summed E-state index contributed by atoms with van der Waals surface area (Å²) in [5, 5.41) is 11.0. The van der Waals surface area contributed by atoms with E-state index in [2.05, 4.69) is 19.9 Å². The zero-order chi connectivity index (χ0) is 15.9. The fourth-order valence-corrected chi connectivity index (χ4v) is 3.02. The lowest BCUT2D eigenvalue weighted by atomic mass is 9.95. The number of aliphatic hydroxyl groups excluding tert-OH is 1. The van der Waals surface area contributed by atoms with Gasteiger partial charge in [-0.05, 0) is 49.4 Å². The Morgan fingerprint density at radius 2 is 2.09 bits per heavy atom. The Kier molecular flexibility index (Phi) is 3.96. The molecule has 1 fully saturated rings. The van der Waals surface area contributed by atoms with Gasteiger partial charge in [0, 0.05) is 24.0 Å². The van der Waals surface area contributed by atoms with Crippen LogP contribution in [0, 0.1) is 19.8 Å². The van der Waals surface area contributed by atoms with Crippen LogP contribution in [0.1, 0.15) is 30.0 Å². The van der Waals surface area contributed by atoms with E-state index < -0.39 is 6.10 Å². The third-order valence-electron chi connectivity index (χ3n) is 4.88. The van der Waals surface area contributed by atoms with Gasteiger partial charge in [-0.3, -0.25) is 4.79 Å². The second-order valence-corrected chi connectivity index (χ2v) is 6.54. The van der Waals surface area contributed by atoms with Gasteiger partial charge in [-0.15, -0.1) is 0 Å². The fraction of sp³-hybridized carbons (Fsp3) is 0.500. The standard InChI is InChI=1S/C18H23NO3/c1-11-4-5-19(9-16(11)20)18(21)8-14-10-22-17-7-13(3)12(2)6-15(14)17/h6-7,10-11,16,20H,4-5,8-9H2,1-3H3. The van der Waals surface area contributed by atoms with Gasteiger partial charge >= 0.3 is 0 Å². The Morgan fingerprint density at radius 1 is 1.36 bits per heavy atom. The molecule has 2 aromatic rings. The lowest BCUT2D eigenvalue weighted by Crippen LogP contribution is -2.46. The fourth-order valence-electron chi connectivity index (χ4n) is 3.02. The van der Waals surface area contributed by atoms with Gasteiger partial charge in [0.15, 0.2) is 0 Å². The minimum atomic E-state index is -0.413. The van der Waals surface area contributed by atoms with Crippen LogP contribution in [0.5, 0.6) is 0 Å². The van der Waals surface area contributed by atoms with Crippen LogP contribution in [-0.2, 0) is 11.2 Å². The number of hydrogen-bond donors (Lipinski definition) is 1. The first-order valence-electron chi connectivity index (χ1n) is 7.89. The predicted molar refractivity (Wildman–Crippen MR) is 85.8 cm³/mol. The number of aliphatic hydroxyl groups is 1. The van der Waals surface area contributed by atoms with Gasteiger partial charge in [0.2, 0.25) is 5.91 Å². The number of carbonyl (C=O) groups excluding carboxylic acids is 1. The highest BCUT2D eigenvalue weighted by molar-refractivity contribution is 5.88. The molecule has 2 atom stereocenters. The normalized spacial score (nSPS) is 22.3. The summed E-state index contributed by atoms with van der Waals surface area (Å²) in [4.78, 5) is 14.3.